The van der Waals surface area contributed by atoms with Crippen molar-refractivity contribution in [3.63, 3.8) is 0 Å². The number of nitrogens with zero attached hydrogens (tertiary/aromatic N) is 21. The Morgan fingerprint density at radius 2 is 1.01 bits per heavy atom. The molecule has 27 nitrogen and oxygen atoms in total. The molecule has 9 aliphatic heterocycles. The lowest BCUT2D eigenvalue weighted by molar-refractivity contribution is -0.142. The van der Waals surface area contributed by atoms with Gasteiger partial charge in [-0.05, 0) is 174 Å². The number of allylic oxidation sites excluding steroid dienone is 1. The Morgan fingerprint density at radius 3 is 1.52 bits per heavy atom. The zero-order valence-corrected chi connectivity index (χ0v) is 75.9. The van der Waals surface area contributed by atoms with Gasteiger partial charge in [0.1, 0.15) is 49.5 Å². The number of amides is 3. The average molecular weight is 1810 g/mol. The Balaban J connectivity index is 0.610. The van der Waals surface area contributed by atoms with Crippen LogP contribution in [0, 0.1) is 54.8 Å². The fourth-order valence-electron chi connectivity index (χ4n) is 21.2. The number of fused-ring (bicyclic) bond motifs is 5. The summed E-state index contributed by atoms with van der Waals surface area (Å²) in [5.41, 5.74) is 14.1. The van der Waals surface area contributed by atoms with E-state index in [4.69, 9.17) is 67.3 Å². The van der Waals surface area contributed by atoms with E-state index in [-0.39, 0.29) is 99.3 Å². The number of rotatable bonds is 24. The van der Waals surface area contributed by atoms with Crippen molar-refractivity contribution >= 4 is 97.0 Å². The number of aromatic nitrogens is 6. The zero-order chi connectivity index (χ0) is 90.9. The number of benzene rings is 5. The van der Waals surface area contributed by atoms with E-state index >= 15 is 0 Å². The maximum atomic E-state index is 14.0. The fourth-order valence-corrected chi connectivity index (χ4v) is 21.6. The topological polar surface area (TPSA) is 266 Å². The molecule has 5 aromatic carbocycles. The number of likely N-dealkylation sites (N-methyl/N-ethyl adjacent to an activating group) is 3. The molecule has 12 heterocycles. The molecule has 3 amide bonds. The summed E-state index contributed by atoms with van der Waals surface area (Å²) in [6, 6.07) is 33.5. The second-order valence-corrected chi connectivity index (χ2v) is 36.7. The molecular formula is C97H109Cl2F4N21O6. The Kier molecular flexibility index (Phi) is 26.9. The highest BCUT2D eigenvalue weighted by atomic mass is 35.5. The SMILES string of the molecule is C=C(C(=O)N1CCN(c2nc(OC[C@@H]3CC(c4cc(C)c(C)c(N5CCc6c(nc(OC[C@@H]7CC(c8ccc(N9CCc%10c(nc(OC[C@@H]%11CCCN%11C)nc%10N%10CCN(C(=O)/C=C/CF)[C@@H](CC#N)C%10)C9)c9c(C)cccc89)CN7C)nc6N6CCN(C(=O)/C=C\Cl)[C@@H](CC#N)C6)C5)c4)CN3C)nc3c2CCN(c2cccc4cccc(Cl)c24)C3)C[C@@H]1CC#N)C(F)(F)F. The number of carbonyl (C=O) groups excluding carboxylic acids is 3. The predicted molar refractivity (Wildman–Crippen MR) is 493 cm³/mol. The number of alkyl halides is 4. The van der Waals surface area contributed by atoms with Crippen molar-refractivity contribution in [1.29, 1.82) is 15.8 Å². The van der Waals surface area contributed by atoms with Crippen molar-refractivity contribution in [2.45, 2.75) is 159 Å². The molecule has 2 unspecified atom stereocenters. The lowest BCUT2D eigenvalue weighted by Crippen LogP contribution is -2.56. The molecule has 6 saturated heterocycles. The minimum Gasteiger partial charge on any atom is -0.462 e. The highest BCUT2D eigenvalue weighted by molar-refractivity contribution is 6.36. The smallest absolute Gasteiger partial charge is 0.421 e. The van der Waals surface area contributed by atoms with Crippen molar-refractivity contribution in [2.75, 3.05) is 175 Å². The number of aryl methyl sites for hydroxylation is 2. The van der Waals surface area contributed by atoms with Gasteiger partial charge in [0.05, 0.1) is 97.3 Å². The third-order valence-corrected chi connectivity index (χ3v) is 28.8. The first kappa shape index (κ1) is 90.3. The van der Waals surface area contributed by atoms with Gasteiger partial charge in [0.2, 0.25) is 11.8 Å². The van der Waals surface area contributed by atoms with Crippen LogP contribution in [-0.4, -0.2) is 265 Å². The van der Waals surface area contributed by atoms with Crippen LogP contribution in [0.2, 0.25) is 5.02 Å². The lowest BCUT2D eigenvalue weighted by Gasteiger charge is -2.42. The fraction of sp³-hybridized carbons (Fsp3) is 0.485. The maximum absolute atomic E-state index is 14.0. The van der Waals surface area contributed by atoms with Crippen LogP contribution in [0.4, 0.5) is 52.1 Å². The van der Waals surface area contributed by atoms with Crippen LogP contribution in [0.3, 0.4) is 0 Å². The Morgan fingerprint density at radius 1 is 0.523 bits per heavy atom. The monoisotopic (exact) mass is 1810 g/mol. The molecule has 0 radical (unpaired) electrons. The van der Waals surface area contributed by atoms with Gasteiger partial charge >= 0.3 is 24.2 Å². The molecule has 0 bridgehead atoms. The number of likely N-dealkylation sites (tertiary alicyclic amines) is 3. The molecule has 0 spiro atoms. The molecule has 130 heavy (non-hydrogen) atoms. The molecule has 0 N–H and O–H groups in total. The maximum Gasteiger partial charge on any atom is 0.421 e. The van der Waals surface area contributed by atoms with Crippen LogP contribution in [0.1, 0.15) is 118 Å². The van der Waals surface area contributed by atoms with Crippen LogP contribution in [0.25, 0.3) is 21.5 Å². The number of anilines is 6. The highest BCUT2D eigenvalue weighted by Crippen LogP contribution is 2.46. The van der Waals surface area contributed by atoms with E-state index in [1.165, 1.54) is 45.7 Å². The average Bonchev–Trinajstić information content (AvgIpc) is 0.816. The molecule has 0 saturated carbocycles. The van der Waals surface area contributed by atoms with Crippen LogP contribution < -0.4 is 43.6 Å². The third kappa shape index (κ3) is 18.6. The molecule has 8 aromatic rings. The minimum absolute atomic E-state index is 0.0124. The first-order valence-electron chi connectivity index (χ1n) is 45.1. The summed E-state index contributed by atoms with van der Waals surface area (Å²) in [6.45, 7) is 18.1. The summed E-state index contributed by atoms with van der Waals surface area (Å²) in [5.74, 6) is 0.483. The van der Waals surface area contributed by atoms with Gasteiger partial charge in [0.15, 0.2) is 0 Å². The second kappa shape index (κ2) is 38.8. The minimum atomic E-state index is -4.94. The van der Waals surface area contributed by atoms with E-state index in [1.807, 2.05) is 41.3 Å². The summed E-state index contributed by atoms with van der Waals surface area (Å²) in [6.07, 6.45) is 4.31. The largest absolute Gasteiger partial charge is 0.462 e. The van der Waals surface area contributed by atoms with Gasteiger partial charge in [-0.25, -0.2) is 4.39 Å². The van der Waals surface area contributed by atoms with Gasteiger partial charge in [0, 0.05) is 172 Å². The van der Waals surface area contributed by atoms with Crippen molar-refractivity contribution in [2.24, 2.45) is 0 Å². The number of carbonyl (C=O) groups is 3. The summed E-state index contributed by atoms with van der Waals surface area (Å²) in [7, 11) is 6.37. The molecule has 0 aliphatic carbocycles. The zero-order valence-electron chi connectivity index (χ0n) is 74.4. The van der Waals surface area contributed by atoms with E-state index < -0.39 is 42.5 Å². The van der Waals surface area contributed by atoms with E-state index in [0.717, 1.165) is 140 Å². The lowest BCUT2D eigenvalue weighted by atomic mass is 9.89. The van der Waals surface area contributed by atoms with Crippen molar-refractivity contribution in [3.05, 3.63) is 181 Å². The first-order chi connectivity index (χ1) is 62.8. The Labute approximate surface area is 765 Å². The standard InChI is InChI=1S/C97H109Cl2F4N21O6/c1-60-13-8-17-75-74(21-22-84(88(60)75)117-37-28-77-81(55-117)107-94(128-57-71-16-12-35-113(71)5)110-90(77)119-39-42-122(68(51-119)24-32-104)86(125)20-11-31-100)67-47-73(115(7)50-67)59-130-96-109-82-56-118(38-29-78(82)91(111-96)120-40-43-123(87(126)23-30-98)69(52-120)25-33-105)85-48-65(45-61(2)62(85)3)66-46-72(114(6)49-66)58-129-95-108-80-54-116(83-19-10-15-64-14-9-18-79(99)89(64)83)36-27-76(80)92(112-95)121-41-44-124(70(53-121)26-34-106)93(127)63(4)97(101,102)103/h8-11,13-15,17-23,30,45,48,66-73H,4,12,16,24-29,31,35-44,46-47,49-59H2,1-3,5-7H3/b20-11+,30-23-/t66?,67?,68-,69-,70-,71-,72-,73-/m0/s1. The quantitative estimate of drug-likeness (QED) is 0.0402. The number of halogens is 6. The van der Waals surface area contributed by atoms with Crippen molar-refractivity contribution in [1.82, 2.24) is 59.3 Å². The molecule has 17 rings (SSSR count). The van der Waals surface area contributed by atoms with Gasteiger partial charge < -0.3 is 63.2 Å². The van der Waals surface area contributed by atoms with Gasteiger partial charge in [-0.15, -0.1) is 0 Å². The van der Waals surface area contributed by atoms with Crippen molar-refractivity contribution < 1.29 is 46.2 Å². The Hall–Kier alpha value is -11.7. The molecule has 9 aliphatic rings. The molecule has 33 heteroatoms. The van der Waals surface area contributed by atoms with Crippen molar-refractivity contribution in [3.8, 4) is 36.2 Å². The number of hydrogen-bond acceptors (Lipinski definition) is 24. The molecule has 6 fully saturated rings. The molecular weight excluding hydrogens is 1700 g/mol. The summed E-state index contributed by atoms with van der Waals surface area (Å²) in [5, 5.41) is 35.1. The Bertz CT molecular complexity index is 5860. The molecule has 8 atom stereocenters. The summed E-state index contributed by atoms with van der Waals surface area (Å²) in [4.78, 5) is 96.3. The second-order valence-electron chi connectivity index (χ2n) is 36.1. The van der Waals surface area contributed by atoms with E-state index in [2.05, 4.69) is 148 Å². The molecule has 3 aromatic heterocycles. The van der Waals surface area contributed by atoms with Gasteiger partial charge in [0.25, 0.3) is 5.91 Å². The van der Waals surface area contributed by atoms with Gasteiger partial charge in [-0.3, -0.25) is 24.2 Å². The summed E-state index contributed by atoms with van der Waals surface area (Å²) < 4.78 is 75.3. The van der Waals surface area contributed by atoms with Crippen LogP contribution in [0.5, 0.6) is 18.0 Å². The van der Waals surface area contributed by atoms with E-state index in [9.17, 15) is 47.7 Å². The normalized spacial score (nSPS) is 22.3. The predicted octanol–water partition coefficient (Wildman–Crippen LogP) is 13.0. The van der Waals surface area contributed by atoms with E-state index in [1.54, 1.807) is 9.80 Å². The van der Waals surface area contributed by atoms with Crippen LogP contribution >= 0.6 is 23.2 Å². The van der Waals surface area contributed by atoms with Gasteiger partial charge in [-0.1, -0.05) is 84.4 Å². The third-order valence-electron chi connectivity index (χ3n) is 28.3. The number of hydrogen-bond donors (Lipinski definition) is 0. The van der Waals surface area contributed by atoms with E-state index in [0.29, 0.717) is 128 Å². The number of nitriles is 3. The number of ether oxygens (including phenoxy) is 3. The van der Waals surface area contributed by atoms with Crippen LogP contribution in [-0.2, 0) is 53.3 Å². The highest BCUT2D eigenvalue weighted by Gasteiger charge is 2.45. The first-order valence-corrected chi connectivity index (χ1v) is 45.9. The molecule has 680 valence electrons. The number of piperazine rings is 3. The van der Waals surface area contributed by atoms with Crippen LogP contribution in [0.15, 0.2) is 115 Å². The summed E-state index contributed by atoms with van der Waals surface area (Å²) >= 11 is 12.9. The van der Waals surface area contributed by atoms with Gasteiger partial charge in [-0.2, -0.15) is 58.9 Å².